The van der Waals surface area contributed by atoms with Crippen molar-refractivity contribution < 1.29 is 0 Å². The predicted molar refractivity (Wildman–Crippen MR) is 77.7 cm³/mol. The molecule has 1 aromatic heterocycles. The molecule has 0 spiro atoms. The molecule has 0 radical (unpaired) electrons. The number of aryl methyl sites for hydroxylation is 1. The Balaban J connectivity index is 1.79. The van der Waals surface area contributed by atoms with Crippen LogP contribution < -0.4 is 4.90 Å². The van der Waals surface area contributed by atoms with Crippen molar-refractivity contribution in [3.05, 3.63) is 17.5 Å². The van der Waals surface area contributed by atoms with Crippen molar-refractivity contribution in [2.75, 3.05) is 32.1 Å². The van der Waals surface area contributed by atoms with Crippen LogP contribution in [-0.4, -0.2) is 48.1 Å². The Hall–Kier alpha value is -1.16. The number of nitrogens with zero attached hydrogens (tertiary/aromatic N) is 4. The molecular weight excluding hydrogens is 236 g/mol. The quantitative estimate of drug-likeness (QED) is 0.834. The van der Waals surface area contributed by atoms with E-state index in [4.69, 9.17) is 4.98 Å². The Bertz CT molecular complexity index is 453. The fourth-order valence-electron chi connectivity index (χ4n) is 2.98. The minimum absolute atomic E-state index is 0.635. The molecule has 0 bridgehead atoms. The van der Waals surface area contributed by atoms with Crippen LogP contribution in [0.5, 0.6) is 0 Å². The van der Waals surface area contributed by atoms with E-state index in [1.165, 1.54) is 31.4 Å². The second-order valence-corrected chi connectivity index (χ2v) is 6.21. The smallest absolute Gasteiger partial charge is 0.225 e. The summed E-state index contributed by atoms with van der Waals surface area (Å²) < 4.78 is 0. The molecule has 3 rings (SSSR count). The van der Waals surface area contributed by atoms with E-state index in [-0.39, 0.29) is 0 Å². The Morgan fingerprint density at radius 2 is 2.00 bits per heavy atom. The van der Waals surface area contributed by atoms with Gasteiger partial charge in [0, 0.05) is 36.4 Å². The summed E-state index contributed by atoms with van der Waals surface area (Å²) in [5.74, 6) is 1.64. The van der Waals surface area contributed by atoms with E-state index in [2.05, 4.69) is 41.9 Å². The first-order valence-corrected chi connectivity index (χ1v) is 7.40. The molecular formula is C15H24N4. The third-order valence-corrected chi connectivity index (χ3v) is 4.56. The molecule has 0 unspecified atom stereocenters. The highest BCUT2D eigenvalue weighted by molar-refractivity contribution is 5.35. The van der Waals surface area contributed by atoms with Crippen molar-refractivity contribution in [2.45, 2.75) is 44.6 Å². The highest BCUT2D eigenvalue weighted by Gasteiger charge is 2.27. The summed E-state index contributed by atoms with van der Waals surface area (Å²) >= 11 is 0. The van der Waals surface area contributed by atoms with Crippen LogP contribution in [-0.2, 0) is 0 Å². The Kier molecular flexibility index (Phi) is 3.44. The summed E-state index contributed by atoms with van der Waals surface area (Å²) in [4.78, 5) is 14.1. The minimum Gasteiger partial charge on any atom is -0.339 e. The van der Waals surface area contributed by atoms with Crippen LogP contribution in [0.2, 0.25) is 0 Å². The average molecular weight is 260 g/mol. The van der Waals surface area contributed by atoms with Crippen LogP contribution in [0.1, 0.15) is 43.0 Å². The van der Waals surface area contributed by atoms with Crippen LogP contribution in [0, 0.1) is 6.92 Å². The highest BCUT2D eigenvalue weighted by Crippen LogP contribution is 2.36. The van der Waals surface area contributed by atoms with E-state index in [1.807, 2.05) is 0 Å². The Morgan fingerprint density at radius 3 is 2.58 bits per heavy atom. The summed E-state index contributed by atoms with van der Waals surface area (Å²) in [5.41, 5.74) is 2.38. The number of anilines is 1. The van der Waals surface area contributed by atoms with Gasteiger partial charge in [-0.3, -0.25) is 0 Å². The number of hydrogen-bond acceptors (Lipinski definition) is 4. The normalized spacial score (nSPS) is 24.0. The third-order valence-electron chi connectivity index (χ3n) is 4.56. The largest absolute Gasteiger partial charge is 0.339 e. The second kappa shape index (κ2) is 5.08. The molecule has 1 aliphatic heterocycles. The topological polar surface area (TPSA) is 32.3 Å². The van der Waals surface area contributed by atoms with Gasteiger partial charge in [0.2, 0.25) is 5.95 Å². The average Bonchev–Trinajstić information content (AvgIpc) is 2.74. The lowest BCUT2D eigenvalue weighted by molar-refractivity contribution is 0.315. The fourth-order valence-corrected chi connectivity index (χ4v) is 2.98. The van der Waals surface area contributed by atoms with Gasteiger partial charge in [-0.2, -0.15) is 0 Å². The number of rotatable bonds is 3. The lowest BCUT2D eigenvalue weighted by Gasteiger charge is -2.26. The SMILES string of the molecule is Cc1cc(C2CCC2)nc(N2CC[C@H](N(C)C)C2)n1. The third kappa shape index (κ3) is 2.59. The van der Waals surface area contributed by atoms with Crippen molar-refractivity contribution in [2.24, 2.45) is 0 Å². The molecule has 2 heterocycles. The maximum Gasteiger partial charge on any atom is 0.225 e. The first-order chi connectivity index (χ1) is 9.13. The molecule has 1 saturated heterocycles. The van der Waals surface area contributed by atoms with Gasteiger partial charge in [0.25, 0.3) is 0 Å². The highest BCUT2D eigenvalue weighted by atomic mass is 15.3. The van der Waals surface area contributed by atoms with Gasteiger partial charge < -0.3 is 9.80 Å². The fraction of sp³-hybridized carbons (Fsp3) is 0.733. The van der Waals surface area contributed by atoms with E-state index in [0.29, 0.717) is 12.0 Å². The predicted octanol–water partition coefficient (Wildman–Crippen LogP) is 2.19. The summed E-state index contributed by atoms with van der Waals surface area (Å²) in [6.07, 6.45) is 5.17. The van der Waals surface area contributed by atoms with E-state index in [9.17, 15) is 0 Å². The molecule has 1 saturated carbocycles. The molecule has 104 valence electrons. The van der Waals surface area contributed by atoms with Crippen LogP contribution in [0.25, 0.3) is 0 Å². The standard InChI is InChI=1S/C15H24N4/c1-11-9-14(12-5-4-6-12)17-15(16-11)19-8-7-13(10-19)18(2)3/h9,12-13H,4-8,10H2,1-3H3/t13-/m0/s1. The van der Waals surface area contributed by atoms with E-state index < -0.39 is 0 Å². The van der Waals surface area contributed by atoms with Gasteiger partial charge in [-0.25, -0.2) is 9.97 Å². The van der Waals surface area contributed by atoms with Gasteiger partial charge >= 0.3 is 0 Å². The van der Waals surface area contributed by atoms with E-state index in [1.54, 1.807) is 0 Å². The molecule has 0 amide bonds. The lowest BCUT2D eigenvalue weighted by Crippen LogP contribution is -2.32. The summed E-state index contributed by atoms with van der Waals surface area (Å²) in [6.45, 7) is 4.23. The van der Waals surface area contributed by atoms with Gasteiger partial charge in [-0.15, -0.1) is 0 Å². The first-order valence-electron chi connectivity index (χ1n) is 7.40. The van der Waals surface area contributed by atoms with Gasteiger partial charge in [-0.05, 0) is 46.3 Å². The molecule has 2 aliphatic rings. The number of aromatic nitrogens is 2. The molecule has 4 heteroatoms. The van der Waals surface area contributed by atoms with Crippen molar-refractivity contribution in [3.63, 3.8) is 0 Å². The number of likely N-dealkylation sites (N-methyl/N-ethyl adjacent to an activating group) is 1. The first kappa shape index (κ1) is 12.9. The zero-order chi connectivity index (χ0) is 13.4. The van der Waals surface area contributed by atoms with E-state index in [0.717, 1.165) is 24.7 Å². The monoisotopic (exact) mass is 260 g/mol. The zero-order valence-corrected chi connectivity index (χ0v) is 12.3. The van der Waals surface area contributed by atoms with E-state index >= 15 is 0 Å². The van der Waals surface area contributed by atoms with Crippen LogP contribution in [0.3, 0.4) is 0 Å². The molecule has 0 N–H and O–H groups in total. The summed E-state index contributed by atoms with van der Waals surface area (Å²) in [6, 6.07) is 2.81. The van der Waals surface area contributed by atoms with Gasteiger partial charge in [-0.1, -0.05) is 6.42 Å². The maximum absolute atomic E-state index is 4.83. The second-order valence-electron chi connectivity index (χ2n) is 6.21. The molecule has 19 heavy (non-hydrogen) atoms. The zero-order valence-electron chi connectivity index (χ0n) is 12.3. The van der Waals surface area contributed by atoms with Crippen molar-refractivity contribution in [1.82, 2.24) is 14.9 Å². The molecule has 1 aromatic rings. The molecule has 0 aromatic carbocycles. The molecule has 4 nitrogen and oxygen atoms in total. The maximum atomic E-state index is 4.83. The van der Waals surface area contributed by atoms with Crippen LogP contribution in [0.4, 0.5) is 5.95 Å². The van der Waals surface area contributed by atoms with Crippen molar-refractivity contribution >= 4 is 5.95 Å². The van der Waals surface area contributed by atoms with Crippen LogP contribution in [0.15, 0.2) is 6.07 Å². The number of hydrogen-bond donors (Lipinski definition) is 0. The van der Waals surface area contributed by atoms with Gasteiger partial charge in [0.15, 0.2) is 0 Å². The van der Waals surface area contributed by atoms with Crippen LogP contribution >= 0.6 is 0 Å². The van der Waals surface area contributed by atoms with Crippen molar-refractivity contribution in [3.8, 4) is 0 Å². The van der Waals surface area contributed by atoms with Crippen molar-refractivity contribution in [1.29, 1.82) is 0 Å². The lowest BCUT2D eigenvalue weighted by atomic mass is 9.83. The summed E-state index contributed by atoms with van der Waals surface area (Å²) in [5, 5.41) is 0. The Morgan fingerprint density at radius 1 is 1.21 bits per heavy atom. The molecule has 2 fully saturated rings. The molecule has 1 aliphatic carbocycles. The Labute approximate surface area is 115 Å². The van der Waals surface area contributed by atoms with Gasteiger partial charge in [0.05, 0.1) is 0 Å². The summed E-state index contributed by atoms with van der Waals surface area (Å²) in [7, 11) is 4.32. The molecule has 1 atom stereocenters. The van der Waals surface area contributed by atoms with Gasteiger partial charge in [0.1, 0.15) is 0 Å². The minimum atomic E-state index is 0.635.